The molecule has 1 aromatic rings. The average Bonchev–Trinajstić information content (AvgIpc) is 2.43. The van der Waals surface area contributed by atoms with Crippen molar-refractivity contribution in [1.29, 1.82) is 0 Å². The zero-order valence-corrected chi connectivity index (χ0v) is 12.9. The van der Waals surface area contributed by atoms with Gasteiger partial charge >= 0.3 is 0 Å². The maximum Gasteiger partial charge on any atom is 0.0299 e. The van der Waals surface area contributed by atoms with Gasteiger partial charge < -0.3 is 0 Å². The Morgan fingerprint density at radius 2 is 1.74 bits per heavy atom. The van der Waals surface area contributed by atoms with Gasteiger partial charge in [0.25, 0.3) is 0 Å². The monoisotopic (exact) mass is 261 g/mol. The van der Waals surface area contributed by atoms with Gasteiger partial charge in [0.2, 0.25) is 0 Å². The fraction of sp³-hybridized carbons (Fsp3) is 0.722. The van der Waals surface area contributed by atoms with Gasteiger partial charge in [-0.05, 0) is 30.4 Å². The molecule has 19 heavy (non-hydrogen) atoms. The van der Waals surface area contributed by atoms with Crippen molar-refractivity contribution in [2.24, 2.45) is 5.92 Å². The normalized spacial score (nSPS) is 12.5. The number of hydrogen-bond acceptors (Lipinski definition) is 1. The van der Waals surface area contributed by atoms with E-state index in [-0.39, 0.29) is 0 Å². The summed E-state index contributed by atoms with van der Waals surface area (Å²) < 4.78 is 0. The van der Waals surface area contributed by atoms with Crippen LogP contribution >= 0.6 is 0 Å². The van der Waals surface area contributed by atoms with Crippen LogP contribution in [-0.4, -0.2) is 4.98 Å². The molecule has 108 valence electrons. The summed E-state index contributed by atoms with van der Waals surface area (Å²) in [5.74, 6) is 0.940. The van der Waals surface area contributed by atoms with Gasteiger partial charge in [0.15, 0.2) is 0 Å². The van der Waals surface area contributed by atoms with E-state index in [1.165, 1.54) is 69.8 Å². The summed E-state index contributed by atoms with van der Waals surface area (Å²) in [6.45, 7) is 4.69. The molecule has 1 heterocycles. The summed E-state index contributed by atoms with van der Waals surface area (Å²) in [7, 11) is 0. The van der Waals surface area contributed by atoms with Crippen molar-refractivity contribution in [3.63, 3.8) is 0 Å². The third-order valence-corrected chi connectivity index (χ3v) is 3.92. The molecule has 1 heteroatoms. The Morgan fingerprint density at radius 3 is 2.42 bits per heavy atom. The second-order valence-electron chi connectivity index (χ2n) is 5.92. The van der Waals surface area contributed by atoms with Crippen molar-refractivity contribution in [3.05, 3.63) is 30.1 Å². The number of nitrogens with zero attached hydrogens (tertiary/aromatic N) is 1. The molecule has 1 aromatic heterocycles. The highest BCUT2D eigenvalue weighted by Crippen LogP contribution is 2.16. The van der Waals surface area contributed by atoms with Gasteiger partial charge in [0.1, 0.15) is 0 Å². The van der Waals surface area contributed by atoms with Crippen LogP contribution in [0.2, 0.25) is 0 Å². The molecule has 1 unspecified atom stereocenters. The first-order chi connectivity index (χ1) is 9.33. The predicted octanol–water partition coefficient (Wildman–Crippen LogP) is 5.79. The highest BCUT2D eigenvalue weighted by atomic mass is 14.6. The van der Waals surface area contributed by atoms with Crippen LogP contribution in [0.4, 0.5) is 0 Å². The number of aryl methyl sites for hydroxylation is 1. The molecule has 1 nitrogen and oxygen atoms in total. The summed E-state index contributed by atoms with van der Waals surface area (Å²) in [5.41, 5.74) is 1.39. The van der Waals surface area contributed by atoms with Crippen LogP contribution in [0.25, 0.3) is 0 Å². The molecular formula is C18H31N. The number of aromatic nitrogens is 1. The zero-order chi connectivity index (χ0) is 13.8. The maximum atomic E-state index is 4.16. The van der Waals surface area contributed by atoms with Crippen molar-refractivity contribution >= 4 is 0 Å². The van der Waals surface area contributed by atoms with E-state index in [0.29, 0.717) is 0 Å². The van der Waals surface area contributed by atoms with Crippen LogP contribution in [0.3, 0.4) is 0 Å². The van der Waals surface area contributed by atoms with Crippen LogP contribution in [0, 0.1) is 5.92 Å². The summed E-state index contributed by atoms with van der Waals surface area (Å²) in [6.07, 6.45) is 17.6. The minimum atomic E-state index is 0.940. The Balaban J connectivity index is 1.86. The first-order valence-corrected chi connectivity index (χ1v) is 8.21. The van der Waals surface area contributed by atoms with Crippen molar-refractivity contribution in [3.8, 4) is 0 Å². The summed E-state index contributed by atoms with van der Waals surface area (Å²) in [6, 6.07) is 4.22. The lowest BCUT2D eigenvalue weighted by Gasteiger charge is -2.09. The molecule has 0 aliphatic rings. The molecule has 0 aliphatic carbocycles. The van der Waals surface area contributed by atoms with E-state index >= 15 is 0 Å². The van der Waals surface area contributed by atoms with Crippen LogP contribution < -0.4 is 0 Å². The van der Waals surface area contributed by atoms with Crippen molar-refractivity contribution < 1.29 is 0 Å². The second kappa shape index (κ2) is 11.0. The van der Waals surface area contributed by atoms with Gasteiger partial charge in [0, 0.05) is 12.4 Å². The lowest BCUT2D eigenvalue weighted by atomic mass is 9.98. The number of rotatable bonds is 11. The minimum Gasteiger partial charge on any atom is -0.264 e. The number of unbranched alkanes of at least 4 members (excludes halogenated alkanes) is 5. The molecule has 0 N–H and O–H groups in total. The Labute approximate surface area is 119 Å². The van der Waals surface area contributed by atoms with E-state index in [1.807, 2.05) is 18.5 Å². The molecule has 1 atom stereocenters. The fourth-order valence-corrected chi connectivity index (χ4v) is 2.71. The molecule has 0 bridgehead atoms. The molecular weight excluding hydrogens is 230 g/mol. The topological polar surface area (TPSA) is 12.9 Å². The van der Waals surface area contributed by atoms with Crippen molar-refractivity contribution in [1.82, 2.24) is 4.98 Å². The van der Waals surface area contributed by atoms with Crippen molar-refractivity contribution in [2.75, 3.05) is 0 Å². The summed E-state index contributed by atoms with van der Waals surface area (Å²) >= 11 is 0. The van der Waals surface area contributed by atoms with E-state index in [0.717, 1.165) is 5.92 Å². The number of hydrogen-bond donors (Lipinski definition) is 0. The van der Waals surface area contributed by atoms with Crippen molar-refractivity contribution in [2.45, 2.75) is 78.1 Å². The molecule has 0 amide bonds. The Hall–Kier alpha value is -0.850. The highest BCUT2D eigenvalue weighted by molar-refractivity contribution is 5.08. The molecule has 0 radical (unpaired) electrons. The van der Waals surface area contributed by atoms with Gasteiger partial charge in [-0.25, -0.2) is 0 Å². The fourth-order valence-electron chi connectivity index (χ4n) is 2.71. The quantitative estimate of drug-likeness (QED) is 0.459. The van der Waals surface area contributed by atoms with Crippen LogP contribution in [0.15, 0.2) is 24.5 Å². The Morgan fingerprint density at radius 1 is 1.00 bits per heavy atom. The zero-order valence-electron chi connectivity index (χ0n) is 12.9. The molecule has 0 aromatic carbocycles. The SMILES string of the molecule is CCCC(C)CCCCCCCCc1cccnc1. The summed E-state index contributed by atoms with van der Waals surface area (Å²) in [5, 5.41) is 0. The largest absolute Gasteiger partial charge is 0.264 e. The first-order valence-electron chi connectivity index (χ1n) is 8.21. The average molecular weight is 261 g/mol. The lowest BCUT2D eigenvalue weighted by Crippen LogP contribution is -1.93. The van der Waals surface area contributed by atoms with Crippen LogP contribution in [-0.2, 0) is 6.42 Å². The first kappa shape index (κ1) is 16.2. The summed E-state index contributed by atoms with van der Waals surface area (Å²) in [4.78, 5) is 4.16. The standard InChI is InChI=1S/C18H31N/c1-3-11-17(2)12-8-6-4-5-7-9-13-18-14-10-15-19-16-18/h10,14-17H,3-9,11-13H2,1-2H3. The van der Waals surface area contributed by atoms with Gasteiger partial charge in [-0.15, -0.1) is 0 Å². The van der Waals surface area contributed by atoms with Gasteiger partial charge in [-0.3, -0.25) is 4.98 Å². The second-order valence-corrected chi connectivity index (χ2v) is 5.92. The molecule has 0 aliphatic heterocycles. The third-order valence-electron chi connectivity index (χ3n) is 3.92. The molecule has 0 fully saturated rings. The predicted molar refractivity (Wildman–Crippen MR) is 84.3 cm³/mol. The molecule has 1 rings (SSSR count). The van der Waals surface area contributed by atoms with Crippen LogP contribution in [0.1, 0.15) is 77.2 Å². The number of pyridine rings is 1. The lowest BCUT2D eigenvalue weighted by molar-refractivity contribution is 0.451. The molecule has 0 saturated heterocycles. The van der Waals surface area contributed by atoms with E-state index < -0.39 is 0 Å². The van der Waals surface area contributed by atoms with Crippen LogP contribution in [0.5, 0.6) is 0 Å². The Kier molecular flexibility index (Phi) is 9.40. The minimum absolute atomic E-state index is 0.940. The van der Waals surface area contributed by atoms with Gasteiger partial charge in [-0.1, -0.05) is 71.3 Å². The van der Waals surface area contributed by atoms with Gasteiger partial charge in [-0.2, -0.15) is 0 Å². The smallest absolute Gasteiger partial charge is 0.0299 e. The van der Waals surface area contributed by atoms with E-state index in [4.69, 9.17) is 0 Å². The molecule has 0 saturated carbocycles. The maximum absolute atomic E-state index is 4.16. The van der Waals surface area contributed by atoms with E-state index in [9.17, 15) is 0 Å². The highest BCUT2D eigenvalue weighted by Gasteiger charge is 2.00. The van der Waals surface area contributed by atoms with E-state index in [2.05, 4.69) is 24.9 Å². The Bertz CT molecular complexity index is 294. The van der Waals surface area contributed by atoms with E-state index in [1.54, 1.807) is 0 Å². The molecule has 0 spiro atoms. The third kappa shape index (κ3) is 8.80. The van der Waals surface area contributed by atoms with Gasteiger partial charge in [0.05, 0.1) is 0 Å².